The van der Waals surface area contributed by atoms with E-state index >= 15 is 0 Å². The van der Waals surface area contributed by atoms with Gasteiger partial charge in [0, 0.05) is 20.4 Å². The Morgan fingerprint density at radius 2 is 1.84 bits per heavy atom. The molecule has 0 bridgehead atoms. The van der Waals surface area contributed by atoms with Crippen molar-refractivity contribution in [3.8, 4) is 0 Å². The predicted octanol–water partition coefficient (Wildman–Crippen LogP) is 7.93. The molecule has 2 aliphatic carbocycles. The first-order valence-corrected chi connectivity index (χ1v) is 17.2. The van der Waals surface area contributed by atoms with Crippen LogP contribution in [0.25, 0.3) is 0 Å². The van der Waals surface area contributed by atoms with Gasteiger partial charge in [0.2, 0.25) is 5.91 Å². The van der Waals surface area contributed by atoms with Gasteiger partial charge < -0.3 is 15.4 Å². The monoisotopic (exact) mass is 631 g/mol. The molecule has 0 fully saturated rings. The first kappa shape index (κ1) is 29.6. The Kier molecular flexibility index (Phi) is 9.25. The molecule has 2 unspecified atom stereocenters. The number of thiophene rings is 1. The van der Waals surface area contributed by atoms with Gasteiger partial charge in [0.25, 0.3) is 0 Å². The number of para-hydroxylation sites is 1. The number of esters is 1. The van der Waals surface area contributed by atoms with E-state index < -0.39 is 0 Å². The zero-order valence-electron chi connectivity index (χ0n) is 23.8. The van der Waals surface area contributed by atoms with Crippen LogP contribution in [0.4, 0.5) is 21.2 Å². The second-order valence-corrected chi connectivity index (χ2v) is 13.8. The van der Waals surface area contributed by atoms with Gasteiger partial charge >= 0.3 is 12.0 Å². The molecule has 43 heavy (non-hydrogen) atoms. The lowest BCUT2D eigenvalue weighted by molar-refractivity contribution is -0.113. The summed E-state index contributed by atoms with van der Waals surface area (Å²) in [4.78, 5) is 44.5. The standard InChI is InChI=1S/C33H33N3O4S3/c1-2-40-32(38)30-23-13-4-3-5-16-26(23)43-31(30)35-29(37)20-41-22-12-10-11-21(19-22)34-33(39)36-24-14-6-8-17-27(24)42-28-18-9-7-15-25(28)36/h6-12,14-15,17-19,24,27H,2-5,13,16,20H2,1H3,(H,34,39)(H,35,37). The van der Waals surface area contributed by atoms with Crippen LogP contribution in [0, 0.1) is 0 Å². The highest BCUT2D eigenvalue weighted by Gasteiger charge is 2.36. The third kappa shape index (κ3) is 6.56. The van der Waals surface area contributed by atoms with Crippen LogP contribution >= 0.6 is 34.9 Å². The largest absolute Gasteiger partial charge is 0.462 e. The van der Waals surface area contributed by atoms with Gasteiger partial charge in [-0.1, -0.05) is 48.9 Å². The molecule has 0 spiro atoms. The summed E-state index contributed by atoms with van der Waals surface area (Å²) in [5, 5.41) is 6.80. The fraction of sp³-hybridized carbons (Fsp3) is 0.303. The summed E-state index contributed by atoms with van der Waals surface area (Å²) in [5.41, 5.74) is 3.11. The molecule has 0 saturated carbocycles. The number of hydrogen-bond donors (Lipinski definition) is 2. The van der Waals surface area contributed by atoms with Crippen LogP contribution in [0.15, 0.2) is 82.6 Å². The fourth-order valence-electron chi connectivity index (χ4n) is 5.63. The highest BCUT2D eigenvalue weighted by molar-refractivity contribution is 8.00. The molecular weight excluding hydrogens is 599 g/mol. The Balaban J connectivity index is 1.12. The molecule has 10 heteroatoms. The number of urea groups is 1. The SMILES string of the molecule is CCOC(=O)c1c(NC(=O)CSc2cccc(NC(=O)N3c4ccccc4SC4C=CC=CC43)c2)sc2c1CCCCC2. The number of anilines is 3. The number of hydrogen-bond acceptors (Lipinski definition) is 7. The van der Waals surface area contributed by atoms with Crippen LogP contribution in [0.5, 0.6) is 0 Å². The minimum Gasteiger partial charge on any atom is -0.462 e. The summed E-state index contributed by atoms with van der Waals surface area (Å²) in [7, 11) is 0. The number of aryl methyl sites for hydroxylation is 1. The van der Waals surface area contributed by atoms with Crippen molar-refractivity contribution in [2.45, 2.75) is 60.1 Å². The zero-order valence-corrected chi connectivity index (χ0v) is 26.3. The van der Waals surface area contributed by atoms with Crippen molar-refractivity contribution in [2.24, 2.45) is 0 Å². The van der Waals surface area contributed by atoms with E-state index in [-0.39, 0.29) is 41.6 Å². The number of nitrogens with zero attached hydrogens (tertiary/aromatic N) is 1. The summed E-state index contributed by atoms with van der Waals surface area (Å²) in [6.07, 6.45) is 13.2. The number of fused-ring (bicyclic) bond motifs is 3. The van der Waals surface area contributed by atoms with Crippen LogP contribution < -0.4 is 15.5 Å². The molecule has 0 saturated heterocycles. The molecule has 6 rings (SSSR count). The van der Waals surface area contributed by atoms with Gasteiger partial charge in [-0.2, -0.15) is 0 Å². The maximum absolute atomic E-state index is 13.6. The fourth-order valence-corrected chi connectivity index (χ4v) is 8.94. The van der Waals surface area contributed by atoms with E-state index in [1.54, 1.807) is 18.7 Å². The van der Waals surface area contributed by atoms with Gasteiger partial charge in [-0.05, 0) is 68.5 Å². The Bertz CT molecular complexity index is 1600. The molecule has 2 atom stereocenters. The topological polar surface area (TPSA) is 87.7 Å². The molecule has 2 N–H and O–H groups in total. The molecule has 3 amide bonds. The van der Waals surface area contributed by atoms with Crippen molar-refractivity contribution in [1.29, 1.82) is 0 Å². The molecule has 2 aromatic carbocycles. The smallest absolute Gasteiger partial charge is 0.341 e. The average molecular weight is 632 g/mol. The van der Waals surface area contributed by atoms with Gasteiger partial charge in [0.1, 0.15) is 5.00 Å². The van der Waals surface area contributed by atoms with E-state index in [1.807, 2.05) is 65.6 Å². The third-order valence-electron chi connectivity index (χ3n) is 7.57. The van der Waals surface area contributed by atoms with Gasteiger partial charge in [-0.25, -0.2) is 9.59 Å². The normalized spacial score (nSPS) is 18.6. The number of ether oxygens (including phenoxy) is 1. The second kappa shape index (κ2) is 13.4. The molecule has 1 aromatic heterocycles. The molecular formula is C33H33N3O4S3. The number of amides is 3. The van der Waals surface area contributed by atoms with Crippen LogP contribution in [-0.4, -0.2) is 41.6 Å². The minimum atomic E-state index is -0.366. The maximum Gasteiger partial charge on any atom is 0.341 e. The quantitative estimate of drug-likeness (QED) is 0.156. The molecule has 222 valence electrons. The Hall–Kier alpha value is -3.47. The molecule has 1 aliphatic heterocycles. The van der Waals surface area contributed by atoms with E-state index in [9.17, 15) is 14.4 Å². The minimum absolute atomic E-state index is 0.0852. The number of benzene rings is 2. The van der Waals surface area contributed by atoms with Crippen molar-refractivity contribution in [2.75, 3.05) is 27.9 Å². The number of rotatable bonds is 7. The van der Waals surface area contributed by atoms with E-state index in [4.69, 9.17) is 4.74 Å². The van der Waals surface area contributed by atoms with Gasteiger partial charge in [-0.15, -0.1) is 34.9 Å². The van der Waals surface area contributed by atoms with Crippen LogP contribution in [0.1, 0.15) is 47.0 Å². The summed E-state index contributed by atoms with van der Waals surface area (Å²) in [6, 6.07) is 15.2. The lowest BCUT2D eigenvalue weighted by Gasteiger charge is -2.40. The Morgan fingerprint density at radius 1 is 1.00 bits per heavy atom. The van der Waals surface area contributed by atoms with Crippen molar-refractivity contribution < 1.29 is 19.1 Å². The zero-order chi connectivity index (χ0) is 29.8. The van der Waals surface area contributed by atoms with E-state index in [1.165, 1.54) is 28.0 Å². The second-order valence-electron chi connectivity index (χ2n) is 10.5. The summed E-state index contributed by atoms with van der Waals surface area (Å²) >= 11 is 4.65. The lowest BCUT2D eigenvalue weighted by Crippen LogP contribution is -2.49. The number of allylic oxidation sites excluding steroid dienone is 2. The summed E-state index contributed by atoms with van der Waals surface area (Å²) < 4.78 is 5.35. The summed E-state index contributed by atoms with van der Waals surface area (Å²) in [6.45, 7) is 2.08. The van der Waals surface area contributed by atoms with Crippen molar-refractivity contribution in [3.63, 3.8) is 0 Å². The highest BCUT2D eigenvalue weighted by atomic mass is 32.2. The van der Waals surface area contributed by atoms with Gasteiger partial charge in [0.15, 0.2) is 0 Å². The van der Waals surface area contributed by atoms with Crippen LogP contribution in [0.2, 0.25) is 0 Å². The first-order chi connectivity index (χ1) is 21.0. The molecule has 7 nitrogen and oxygen atoms in total. The van der Waals surface area contributed by atoms with E-state index in [0.29, 0.717) is 16.3 Å². The molecule has 2 heterocycles. The van der Waals surface area contributed by atoms with Crippen LogP contribution in [-0.2, 0) is 22.4 Å². The van der Waals surface area contributed by atoms with Crippen molar-refractivity contribution in [3.05, 3.63) is 88.8 Å². The van der Waals surface area contributed by atoms with Crippen LogP contribution in [0.3, 0.4) is 0 Å². The number of thioether (sulfide) groups is 2. The Morgan fingerprint density at radius 3 is 2.72 bits per heavy atom. The van der Waals surface area contributed by atoms with Crippen molar-refractivity contribution >= 4 is 69.1 Å². The van der Waals surface area contributed by atoms with Gasteiger partial charge in [-0.3, -0.25) is 9.69 Å². The average Bonchev–Trinajstić information content (AvgIpc) is 3.18. The molecule has 3 aliphatic rings. The molecule has 0 radical (unpaired) electrons. The first-order valence-electron chi connectivity index (χ1n) is 14.6. The van der Waals surface area contributed by atoms with E-state index in [2.05, 4.69) is 22.8 Å². The van der Waals surface area contributed by atoms with Gasteiger partial charge in [0.05, 0.1) is 34.9 Å². The highest BCUT2D eigenvalue weighted by Crippen LogP contribution is 2.44. The molecule has 3 aromatic rings. The number of carbonyl (C=O) groups is 3. The van der Waals surface area contributed by atoms with E-state index in [0.717, 1.165) is 53.1 Å². The Labute approximate surface area is 264 Å². The number of carbonyl (C=O) groups excluding carboxylic acids is 3. The lowest BCUT2D eigenvalue weighted by atomic mass is 10.1. The maximum atomic E-state index is 13.6. The number of nitrogens with one attached hydrogen (secondary N) is 2. The summed E-state index contributed by atoms with van der Waals surface area (Å²) in [5.74, 6) is -0.388. The van der Waals surface area contributed by atoms with Crippen molar-refractivity contribution in [1.82, 2.24) is 0 Å². The third-order valence-corrected chi connectivity index (χ3v) is 11.1. The predicted molar refractivity (Wildman–Crippen MR) is 177 cm³/mol.